The van der Waals surface area contributed by atoms with Crippen LogP contribution in [0.2, 0.25) is 0 Å². The molecule has 0 radical (unpaired) electrons. The van der Waals surface area contributed by atoms with Crippen LogP contribution < -0.4 is 5.73 Å². The number of nitrogens with two attached hydrogens (primary N) is 1. The van der Waals surface area contributed by atoms with Gasteiger partial charge < -0.3 is 30.3 Å². The summed E-state index contributed by atoms with van der Waals surface area (Å²) in [6, 6.07) is 7.63. The van der Waals surface area contributed by atoms with Crippen molar-refractivity contribution in [1.29, 1.82) is 0 Å². The molecule has 2 atom stereocenters. The molecule has 0 amide bonds. The second kappa shape index (κ2) is 19.7. The SMILES string of the molecule is CCCCCCCCCCCCCC(Cc1ccccc1C1(C)C(C(=O)O)=C(C)N(C)C(COCCN)=C1C(=O)O)OC(C)C. The second-order valence-corrected chi connectivity index (χ2v) is 12.9. The summed E-state index contributed by atoms with van der Waals surface area (Å²) in [7, 11) is 1.69. The fourth-order valence-corrected chi connectivity index (χ4v) is 6.78. The van der Waals surface area contributed by atoms with E-state index in [0.717, 1.165) is 24.8 Å². The number of hydrogen-bond acceptors (Lipinski definition) is 6. The Hall–Kier alpha value is -2.68. The smallest absolute Gasteiger partial charge is 0.334 e. The number of ether oxygens (including phenoxy) is 2. The molecule has 0 saturated carbocycles. The average Bonchev–Trinajstić information content (AvgIpc) is 2.98. The first-order chi connectivity index (χ1) is 21.5. The number of hydrogen-bond donors (Lipinski definition) is 3. The Balaban J connectivity index is 2.31. The predicted molar refractivity (Wildman–Crippen MR) is 181 cm³/mol. The first-order valence-corrected chi connectivity index (χ1v) is 17.2. The predicted octanol–water partition coefficient (Wildman–Crippen LogP) is 7.60. The zero-order valence-corrected chi connectivity index (χ0v) is 28.8. The summed E-state index contributed by atoms with van der Waals surface area (Å²) in [6.07, 6.45) is 15.5. The second-order valence-electron chi connectivity index (χ2n) is 12.9. The van der Waals surface area contributed by atoms with Crippen molar-refractivity contribution in [3.63, 3.8) is 0 Å². The summed E-state index contributed by atoms with van der Waals surface area (Å²) in [5, 5.41) is 21.1. The molecule has 0 aromatic heterocycles. The van der Waals surface area contributed by atoms with Crippen molar-refractivity contribution in [2.24, 2.45) is 5.73 Å². The van der Waals surface area contributed by atoms with Crippen LogP contribution in [-0.2, 0) is 30.9 Å². The normalized spacial score (nSPS) is 17.8. The Morgan fingerprint density at radius 2 is 1.47 bits per heavy atom. The van der Waals surface area contributed by atoms with Gasteiger partial charge in [-0.3, -0.25) is 0 Å². The molecule has 1 aliphatic heterocycles. The number of benzene rings is 1. The molecule has 45 heavy (non-hydrogen) atoms. The van der Waals surface area contributed by atoms with E-state index in [1.54, 1.807) is 25.8 Å². The number of carboxylic acids is 2. The molecule has 254 valence electrons. The van der Waals surface area contributed by atoms with E-state index < -0.39 is 17.4 Å². The summed E-state index contributed by atoms with van der Waals surface area (Å²) >= 11 is 0. The van der Waals surface area contributed by atoms with Crippen LogP contribution in [-0.4, -0.2) is 66.1 Å². The van der Waals surface area contributed by atoms with Gasteiger partial charge in [0.25, 0.3) is 0 Å². The average molecular weight is 629 g/mol. The maximum Gasteiger partial charge on any atom is 0.334 e. The zero-order chi connectivity index (χ0) is 33.4. The van der Waals surface area contributed by atoms with Gasteiger partial charge in [0.15, 0.2) is 0 Å². The number of carboxylic acid groups (broad SMARTS) is 2. The van der Waals surface area contributed by atoms with Crippen molar-refractivity contribution < 1.29 is 29.3 Å². The highest BCUT2D eigenvalue weighted by Crippen LogP contribution is 2.48. The number of likely N-dealkylation sites (N-methyl/N-ethyl adjacent to an activating group) is 1. The van der Waals surface area contributed by atoms with Crippen LogP contribution in [0, 0.1) is 0 Å². The van der Waals surface area contributed by atoms with Crippen LogP contribution in [0.3, 0.4) is 0 Å². The number of unbranched alkanes of at least 4 members (excludes halogenated alkanes) is 10. The lowest BCUT2D eigenvalue weighted by molar-refractivity contribution is -0.134. The van der Waals surface area contributed by atoms with E-state index in [2.05, 4.69) is 6.92 Å². The number of allylic oxidation sites excluding steroid dienone is 1. The lowest BCUT2D eigenvalue weighted by atomic mass is 9.65. The number of aliphatic carboxylic acids is 2. The molecule has 0 aliphatic carbocycles. The van der Waals surface area contributed by atoms with Gasteiger partial charge in [0.1, 0.15) is 0 Å². The minimum atomic E-state index is -1.43. The van der Waals surface area contributed by atoms with E-state index in [1.165, 1.54) is 57.8 Å². The third kappa shape index (κ3) is 11.0. The Bertz CT molecular complexity index is 1140. The number of nitrogens with zero attached hydrogens (tertiary/aromatic N) is 1. The minimum Gasteiger partial charge on any atom is -0.478 e. The number of carbonyl (C=O) groups is 2. The first kappa shape index (κ1) is 38.5. The van der Waals surface area contributed by atoms with Crippen molar-refractivity contribution in [3.8, 4) is 0 Å². The van der Waals surface area contributed by atoms with Crippen LogP contribution >= 0.6 is 0 Å². The maximum atomic E-state index is 13.0. The van der Waals surface area contributed by atoms with Crippen molar-refractivity contribution in [2.75, 3.05) is 26.8 Å². The van der Waals surface area contributed by atoms with Crippen LogP contribution in [0.1, 0.15) is 123 Å². The molecular formula is C37H60N2O6. The minimum absolute atomic E-state index is 0.00385. The van der Waals surface area contributed by atoms with E-state index in [4.69, 9.17) is 15.2 Å². The van der Waals surface area contributed by atoms with Crippen LogP contribution in [0.5, 0.6) is 0 Å². The van der Waals surface area contributed by atoms with E-state index in [9.17, 15) is 19.8 Å². The molecular weight excluding hydrogens is 568 g/mol. The molecule has 0 bridgehead atoms. The lowest BCUT2D eigenvalue weighted by Gasteiger charge is -2.43. The summed E-state index contributed by atoms with van der Waals surface area (Å²) in [5.74, 6) is -2.32. The van der Waals surface area contributed by atoms with E-state index >= 15 is 0 Å². The van der Waals surface area contributed by atoms with Gasteiger partial charge in [-0.2, -0.15) is 0 Å². The monoisotopic (exact) mass is 628 g/mol. The zero-order valence-electron chi connectivity index (χ0n) is 28.8. The quantitative estimate of drug-likeness (QED) is 0.106. The van der Waals surface area contributed by atoms with Gasteiger partial charge in [-0.1, -0.05) is 102 Å². The van der Waals surface area contributed by atoms with Gasteiger partial charge in [0, 0.05) is 19.3 Å². The van der Waals surface area contributed by atoms with Gasteiger partial charge in [-0.05, 0) is 51.7 Å². The van der Waals surface area contributed by atoms with Crippen molar-refractivity contribution in [1.82, 2.24) is 4.90 Å². The van der Waals surface area contributed by atoms with E-state index in [-0.39, 0.29) is 36.6 Å². The molecule has 0 saturated heterocycles. The molecule has 0 spiro atoms. The van der Waals surface area contributed by atoms with E-state index in [1.807, 2.05) is 38.1 Å². The molecule has 1 aromatic rings. The number of rotatable bonds is 23. The summed E-state index contributed by atoms with van der Waals surface area (Å²) < 4.78 is 12.1. The standard InChI is InChI=1S/C37H60N2O6/c1-7-8-9-10-11-12-13-14-15-16-17-21-30(45-27(2)3)25-29-20-18-19-22-31(29)37(5)33(35(40)41)28(4)39(6)32(26-44-24-23-38)34(37)36(42)43/h18-20,22,27,30H,7-17,21,23-26,38H2,1-6H3,(H,40,41)(H,42,43). The van der Waals surface area contributed by atoms with Crippen molar-refractivity contribution in [3.05, 3.63) is 57.9 Å². The molecule has 1 aromatic carbocycles. The third-order valence-electron chi connectivity index (χ3n) is 9.08. The third-order valence-corrected chi connectivity index (χ3v) is 9.08. The van der Waals surface area contributed by atoms with Crippen LogP contribution in [0.15, 0.2) is 46.8 Å². The van der Waals surface area contributed by atoms with E-state index in [0.29, 0.717) is 29.9 Å². The largest absolute Gasteiger partial charge is 0.478 e. The molecule has 8 heteroatoms. The van der Waals surface area contributed by atoms with Crippen LogP contribution in [0.4, 0.5) is 0 Å². The summed E-state index contributed by atoms with van der Waals surface area (Å²) in [6.45, 7) is 10.3. The molecule has 2 rings (SSSR count). The molecule has 8 nitrogen and oxygen atoms in total. The topological polar surface area (TPSA) is 122 Å². The Morgan fingerprint density at radius 3 is 2.00 bits per heavy atom. The summed E-state index contributed by atoms with van der Waals surface area (Å²) in [5.41, 5.74) is 6.71. The fraction of sp³-hybridized carbons (Fsp3) is 0.676. The van der Waals surface area contributed by atoms with Gasteiger partial charge in [0.2, 0.25) is 0 Å². The summed E-state index contributed by atoms with van der Waals surface area (Å²) in [4.78, 5) is 27.5. The molecule has 2 unspecified atom stereocenters. The van der Waals surface area contributed by atoms with Gasteiger partial charge in [-0.25, -0.2) is 9.59 Å². The molecule has 1 aliphatic rings. The lowest BCUT2D eigenvalue weighted by Crippen LogP contribution is -2.45. The van der Waals surface area contributed by atoms with Crippen molar-refractivity contribution >= 4 is 11.9 Å². The fourth-order valence-electron chi connectivity index (χ4n) is 6.78. The highest BCUT2D eigenvalue weighted by atomic mass is 16.5. The molecule has 4 N–H and O–H groups in total. The molecule has 1 heterocycles. The van der Waals surface area contributed by atoms with Crippen molar-refractivity contribution in [2.45, 2.75) is 136 Å². The van der Waals surface area contributed by atoms with Gasteiger partial charge >= 0.3 is 11.9 Å². The first-order valence-electron chi connectivity index (χ1n) is 17.2. The van der Waals surface area contributed by atoms with Gasteiger partial charge in [-0.15, -0.1) is 0 Å². The maximum absolute atomic E-state index is 13.0. The highest BCUT2D eigenvalue weighted by molar-refractivity contribution is 6.00. The Morgan fingerprint density at radius 1 is 0.911 bits per heavy atom. The molecule has 0 fully saturated rings. The Labute approximate surface area is 272 Å². The van der Waals surface area contributed by atoms with Crippen LogP contribution in [0.25, 0.3) is 0 Å². The highest BCUT2D eigenvalue weighted by Gasteiger charge is 2.49. The van der Waals surface area contributed by atoms with Gasteiger partial charge in [0.05, 0.1) is 47.7 Å². The Kier molecular flexibility index (Phi) is 16.9.